The first kappa shape index (κ1) is 16.4. The van der Waals surface area contributed by atoms with Gasteiger partial charge in [-0.05, 0) is 24.3 Å². The lowest BCUT2D eigenvalue weighted by Crippen LogP contribution is -2.33. The molecule has 1 amide bonds. The summed E-state index contributed by atoms with van der Waals surface area (Å²) < 4.78 is 8.31. The Morgan fingerprint density at radius 1 is 1.21 bits per heavy atom. The highest BCUT2D eigenvalue weighted by molar-refractivity contribution is 7.98. The number of carbonyl (C=O) groups is 1. The van der Waals surface area contributed by atoms with Crippen LogP contribution in [0.5, 0.6) is 0 Å². The summed E-state index contributed by atoms with van der Waals surface area (Å²) in [5.74, 6) is 2.34. The Labute approximate surface area is 143 Å². The van der Waals surface area contributed by atoms with Gasteiger partial charge < -0.3 is 9.73 Å². The third-order valence-corrected chi connectivity index (χ3v) is 4.73. The highest BCUT2D eigenvalue weighted by Gasteiger charge is 2.12. The second kappa shape index (κ2) is 7.44. The molecule has 0 saturated heterocycles. The van der Waals surface area contributed by atoms with Crippen molar-refractivity contribution in [3.63, 3.8) is 0 Å². The summed E-state index contributed by atoms with van der Waals surface area (Å²) in [7, 11) is 1.71. The molecule has 6 nitrogen and oxygen atoms in total. The number of nitrogens with one attached hydrogen (secondary N) is 1. The van der Waals surface area contributed by atoms with Gasteiger partial charge in [-0.2, -0.15) is 11.8 Å². The minimum atomic E-state index is -0.182. The van der Waals surface area contributed by atoms with Crippen LogP contribution in [0.25, 0.3) is 11.0 Å². The fourth-order valence-corrected chi connectivity index (χ4v) is 3.30. The van der Waals surface area contributed by atoms with Gasteiger partial charge in [-0.1, -0.05) is 12.1 Å². The average Bonchev–Trinajstić information content (AvgIpc) is 3.18. The molecule has 0 unspecified atom stereocenters. The molecule has 0 atom stereocenters. The monoisotopic (exact) mass is 345 g/mol. The highest BCUT2D eigenvalue weighted by atomic mass is 32.2. The largest absolute Gasteiger partial charge is 0.468 e. The van der Waals surface area contributed by atoms with Crippen molar-refractivity contribution in [1.82, 2.24) is 14.5 Å². The van der Waals surface area contributed by atoms with Gasteiger partial charge in [0, 0.05) is 19.3 Å². The predicted octanol–water partition coefficient (Wildman–Crippen LogP) is 1.98. The van der Waals surface area contributed by atoms with Crippen LogP contribution in [0.3, 0.4) is 0 Å². The molecule has 2 aromatic heterocycles. The quantitative estimate of drug-likeness (QED) is 0.665. The highest BCUT2D eigenvalue weighted by Crippen LogP contribution is 2.12. The van der Waals surface area contributed by atoms with Crippen LogP contribution in [0.1, 0.15) is 5.76 Å². The SMILES string of the molecule is Cn1c(=O)n(CC(=O)NCCSCc2ccco2)c2ccccc21. The Morgan fingerprint density at radius 2 is 2.00 bits per heavy atom. The second-order valence-corrected chi connectivity index (χ2v) is 6.50. The summed E-state index contributed by atoms with van der Waals surface area (Å²) >= 11 is 1.69. The van der Waals surface area contributed by atoms with Gasteiger partial charge in [0.2, 0.25) is 5.91 Å². The van der Waals surface area contributed by atoms with Crippen molar-refractivity contribution in [3.8, 4) is 0 Å². The number of aromatic nitrogens is 2. The molecule has 0 bridgehead atoms. The van der Waals surface area contributed by atoms with Crippen LogP contribution in [0.4, 0.5) is 0 Å². The lowest BCUT2D eigenvalue weighted by Gasteiger charge is -2.06. The summed E-state index contributed by atoms with van der Waals surface area (Å²) in [6.45, 7) is 0.590. The van der Waals surface area contributed by atoms with E-state index in [4.69, 9.17) is 4.42 Å². The number of amides is 1. The van der Waals surface area contributed by atoms with E-state index in [0.29, 0.717) is 6.54 Å². The third kappa shape index (κ3) is 3.56. The number of para-hydroxylation sites is 2. The molecule has 1 aromatic carbocycles. The van der Waals surface area contributed by atoms with Crippen LogP contribution in [0.2, 0.25) is 0 Å². The Bertz CT molecular complexity index is 880. The van der Waals surface area contributed by atoms with E-state index >= 15 is 0 Å². The summed E-state index contributed by atoms with van der Waals surface area (Å²) in [5.41, 5.74) is 1.41. The van der Waals surface area contributed by atoms with Crippen molar-refractivity contribution in [2.75, 3.05) is 12.3 Å². The minimum absolute atomic E-state index is 0.0308. The number of aryl methyl sites for hydroxylation is 1. The van der Waals surface area contributed by atoms with Crippen molar-refractivity contribution < 1.29 is 9.21 Å². The number of nitrogens with zero attached hydrogens (tertiary/aromatic N) is 2. The van der Waals surface area contributed by atoms with Gasteiger partial charge in [0.05, 0.1) is 23.0 Å². The number of hydrogen-bond acceptors (Lipinski definition) is 4. The number of furan rings is 1. The normalized spacial score (nSPS) is 11.0. The zero-order valence-electron chi connectivity index (χ0n) is 13.4. The van der Waals surface area contributed by atoms with Crippen LogP contribution in [0.15, 0.2) is 51.9 Å². The van der Waals surface area contributed by atoms with Crippen molar-refractivity contribution in [2.24, 2.45) is 7.05 Å². The molecular formula is C17H19N3O3S. The number of fused-ring (bicyclic) bond motifs is 1. The van der Waals surface area contributed by atoms with Gasteiger partial charge in [-0.25, -0.2) is 4.79 Å². The van der Waals surface area contributed by atoms with Gasteiger partial charge in [-0.15, -0.1) is 0 Å². The van der Waals surface area contributed by atoms with E-state index in [1.54, 1.807) is 29.6 Å². The molecule has 2 heterocycles. The molecule has 1 N–H and O–H groups in total. The zero-order chi connectivity index (χ0) is 16.9. The maximum atomic E-state index is 12.3. The third-order valence-electron chi connectivity index (χ3n) is 3.75. The number of hydrogen-bond donors (Lipinski definition) is 1. The Kier molecular flexibility index (Phi) is 5.10. The van der Waals surface area contributed by atoms with Gasteiger partial charge >= 0.3 is 5.69 Å². The topological polar surface area (TPSA) is 69.2 Å². The molecule has 0 aliphatic heterocycles. The van der Waals surface area contributed by atoms with E-state index in [2.05, 4.69) is 5.32 Å². The molecule has 3 rings (SSSR count). The maximum absolute atomic E-state index is 12.3. The van der Waals surface area contributed by atoms with Crippen LogP contribution < -0.4 is 11.0 Å². The Balaban J connectivity index is 1.52. The summed E-state index contributed by atoms with van der Waals surface area (Å²) in [6, 6.07) is 11.3. The van der Waals surface area contributed by atoms with Gasteiger partial charge in [0.25, 0.3) is 0 Å². The molecule has 0 saturated carbocycles. The smallest absolute Gasteiger partial charge is 0.329 e. The lowest BCUT2D eigenvalue weighted by atomic mass is 10.3. The maximum Gasteiger partial charge on any atom is 0.329 e. The second-order valence-electron chi connectivity index (χ2n) is 5.40. The van der Waals surface area contributed by atoms with Crippen molar-refractivity contribution in [2.45, 2.75) is 12.3 Å². The van der Waals surface area contributed by atoms with E-state index in [0.717, 1.165) is 28.3 Å². The summed E-state index contributed by atoms with van der Waals surface area (Å²) in [6.07, 6.45) is 1.65. The summed E-state index contributed by atoms with van der Waals surface area (Å²) in [5, 5.41) is 2.85. The van der Waals surface area contributed by atoms with Gasteiger partial charge in [-0.3, -0.25) is 13.9 Å². The standard InChI is InChI=1S/C17H19N3O3S/c1-19-14-6-2-3-7-15(14)20(17(19)22)11-16(21)18-8-10-24-12-13-5-4-9-23-13/h2-7,9H,8,10-12H2,1H3,(H,18,21). The number of rotatable bonds is 7. The molecule has 0 radical (unpaired) electrons. The van der Waals surface area contributed by atoms with Crippen LogP contribution in [0, 0.1) is 0 Å². The van der Waals surface area contributed by atoms with E-state index in [1.807, 2.05) is 36.4 Å². The van der Waals surface area contributed by atoms with E-state index < -0.39 is 0 Å². The predicted molar refractivity (Wildman–Crippen MR) is 95.1 cm³/mol. The number of benzene rings is 1. The molecule has 7 heteroatoms. The van der Waals surface area contributed by atoms with Crippen LogP contribution in [-0.2, 0) is 24.1 Å². The Morgan fingerprint density at radius 3 is 2.75 bits per heavy atom. The molecule has 0 fully saturated rings. The van der Waals surface area contributed by atoms with Crippen molar-refractivity contribution >= 4 is 28.7 Å². The first-order chi connectivity index (χ1) is 11.7. The molecule has 0 aliphatic carbocycles. The Hall–Kier alpha value is -2.41. The molecule has 0 aliphatic rings. The molecule has 126 valence electrons. The average molecular weight is 345 g/mol. The fraction of sp³-hybridized carbons (Fsp3) is 0.294. The summed E-state index contributed by atoms with van der Waals surface area (Å²) in [4.78, 5) is 24.4. The number of thioether (sulfide) groups is 1. The lowest BCUT2D eigenvalue weighted by molar-refractivity contribution is -0.121. The van der Waals surface area contributed by atoms with Gasteiger partial charge in [0.1, 0.15) is 12.3 Å². The first-order valence-corrected chi connectivity index (χ1v) is 8.83. The molecule has 0 spiro atoms. The van der Waals surface area contributed by atoms with E-state index in [9.17, 15) is 9.59 Å². The fourth-order valence-electron chi connectivity index (χ4n) is 2.55. The van der Waals surface area contributed by atoms with Gasteiger partial charge in [0.15, 0.2) is 0 Å². The number of imidazole rings is 1. The van der Waals surface area contributed by atoms with Crippen molar-refractivity contribution in [3.05, 3.63) is 58.9 Å². The number of carbonyl (C=O) groups excluding carboxylic acids is 1. The molecule has 24 heavy (non-hydrogen) atoms. The first-order valence-electron chi connectivity index (χ1n) is 7.68. The van der Waals surface area contributed by atoms with E-state index in [1.165, 1.54) is 4.57 Å². The van der Waals surface area contributed by atoms with Crippen LogP contribution >= 0.6 is 11.8 Å². The van der Waals surface area contributed by atoms with Crippen LogP contribution in [-0.4, -0.2) is 27.3 Å². The van der Waals surface area contributed by atoms with E-state index in [-0.39, 0.29) is 18.1 Å². The minimum Gasteiger partial charge on any atom is -0.468 e. The molecule has 3 aromatic rings. The zero-order valence-corrected chi connectivity index (χ0v) is 14.2. The van der Waals surface area contributed by atoms with Crippen molar-refractivity contribution in [1.29, 1.82) is 0 Å². The molecular weight excluding hydrogens is 326 g/mol.